The third-order valence-corrected chi connectivity index (χ3v) is 3.96. The minimum absolute atomic E-state index is 0.187. The lowest BCUT2D eigenvalue weighted by atomic mass is 10.2. The van der Waals surface area contributed by atoms with Crippen LogP contribution < -0.4 is 0 Å². The molecule has 6 heteroatoms. The van der Waals surface area contributed by atoms with Crippen LogP contribution in [0.4, 0.5) is 4.79 Å². The van der Waals surface area contributed by atoms with E-state index in [0.29, 0.717) is 18.8 Å². The summed E-state index contributed by atoms with van der Waals surface area (Å²) in [5.74, 6) is -0.364. The molecule has 1 heterocycles. The fraction of sp³-hybridized carbons (Fsp3) is 0.556. The van der Waals surface area contributed by atoms with Gasteiger partial charge in [-0.15, -0.1) is 0 Å². The van der Waals surface area contributed by atoms with Crippen LogP contribution in [0.3, 0.4) is 0 Å². The molecule has 0 unspecified atom stereocenters. The predicted molar refractivity (Wildman–Crippen MR) is 91.0 cm³/mol. The highest BCUT2D eigenvalue weighted by Crippen LogP contribution is 2.08. The molecule has 1 saturated heterocycles. The quantitative estimate of drug-likeness (QED) is 0.683. The van der Waals surface area contributed by atoms with Gasteiger partial charge >= 0.3 is 6.09 Å². The Kier molecular flexibility index (Phi) is 7.71. The average molecular weight is 334 g/mol. The number of likely N-dealkylation sites (tertiary alicyclic amines) is 1. The van der Waals surface area contributed by atoms with E-state index in [1.807, 2.05) is 6.07 Å². The molecule has 0 spiro atoms. The van der Waals surface area contributed by atoms with Crippen molar-refractivity contribution in [2.75, 3.05) is 46.0 Å². The SMILES string of the molecule is CCOC(=O)N(CCOCCN1CCCC1)C(=O)c1ccccc1. The van der Waals surface area contributed by atoms with Gasteiger partial charge in [-0.25, -0.2) is 9.69 Å². The summed E-state index contributed by atoms with van der Waals surface area (Å²) in [7, 11) is 0. The topological polar surface area (TPSA) is 59.1 Å². The standard InChI is InChI=1S/C18H26N2O4/c1-2-24-18(22)20(17(21)16-8-4-3-5-9-16)13-15-23-14-12-19-10-6-7-11-19/h3-5,8-9H,2,6-7,10-15H2,1H3. The van der Waals surface area contributed by atoms with Crippen LogP contribution in [0.5, 0.6) is 0 Å². The first-order valence-corrected chi connectivity index (χ1v) is 8.56. The van der Waals surface area contributed by atoms with E-state index in [-0.39, 0.29) is 19.1 Å². The van der Waals surface area contributed by atoms with Crippen molar-refractivity contribution in [2.24, 2.45) is 0 Å². The molecular weight excluding hydrogens is 308 g/mol. The Labute approximate surface area is 143 Å². The van der Waals surface area contributed by atoms with Gasteiger partial charge in [0.15, 0.2) is 0 Å². The average Bonchev–Trinajstić information content (AvgIpc) is 3.12. The first kappa shape index (κ1) is 18.4. The first-order chi connectivity index (χ1) is 11.7. The molecule has 1 aliphatic heterocycles. The van der Waals surface area contributed by atoms with Crippen LogP contribution in [0.15, 0.2) is 30.3 Å². The molecule has 24 heavy (non-hydrogen) atoms. The third-order valence-electron chi connectivity index (χ3n) is 3.96. The Bertz CT molecular complexity index is 515. The summed E-state index contributed by atoms with van der Waals surface area (Å²) >= 11 is 0. The highest BCUT2D eigenvalue weighted by Gasteiger charge is 2.23. The summed E-state index contributed by atoms with van der Waals surface area (Å²) in [4.78, 5) is 28.0. The van der Waals surface area contributed by atoms with Crippen molar-refractivity contribution in [1.82, 2.24) is 9.80 Å². The number of amides is 2. The van der Waals surface area contributed by atoms with Crippen LogP contribution in [0.1, 0.15) is 30.1 Å². The van der Waals surface area contributed by atoms with Crippen molar-refractivity contribution < 1.29 is 19.1 Å². The number of carbonyl (C=O) groups excluding carboxylic acids is 2. The zero-order valence-corrected chi connectivity index (χ0v) is 14.3. The van der Waals surface area contributed by atoms with E-state index in [2.05, 4.69) is 4.90 Å². The molecule has 1 aliphatic rings. The highest BCUT2D eigenvalue weighted by molar-refractivity contribution is 6.02. The number of nitrogens with zero attached hydrogens (tertiary/aromatic N) is 2. The summed E-state index contributed by atoms with van der Waals surface area (Å²) < 4.78 is 10.6. The molecule has 2 rings (SSSR count). The van der Waals surface area contributed by atoms with Gasteiger partial charge in [-0.3, -0.25) is 4.79 Å². The lowest BCUT2D eigenvalue weighted by Gasteiger charge is -2.20. The molecule has 0 N–H and O–H groups in total. The number of imide groups is 1. The molecule has 0 aliphatic carbocycles. The zero-order chi connectivity index (χ0) is 17.2. The Balaban J connectivity index is 1.82. The van der Waals surface area contributed by atoms with Crippen molar-refractivity contribution >= 4 is 12.0 Å². The molecule has 2 amide bonds. The molecule has 1 aromatic carbocycles. The summed E-state index contributed by atoms with van der Waals surface area (Å²) in [6.45, 7) is 6.21. The minimum atomic E-state index is -0.630. The van der Waals surface area contributed by atoms with E-state index < -0.39 is 6.09 Å². The number of hydrogen-bond donors (Lipinski definition) is 0. The van der Waals surface area contributed by atoms with Gasteiger partial charge in [0.1, 0.15) is 0 Å². The van der Waals surface area contributed by atoms with E-state index in [1.54, 1.807) is 31.2 Å². The Morgan fingerprint density at radius 2 is 1.83 bits per heavy atom. The van der Waals surface area contributed by atoms with Gasteiger partial charge in [-0.05, 0) is 45.0 Å². The molecule has 0 aromatic heterocycles. The molecule has 1 fully saturated rings. The summed E-state index contributed by atoms with van der Waals surface area (Å²) in [5, 5.41) is 0. The summed E-state index contributed by atoms with van der Waals surface area (Å²) in [5.41, 5.74) is 0.461. The molecule has 6 nitrogen and oxygen atoms in total. The fourth-order valence-electron chi connectivity index (χ4n) is 2.67. The van der Waals surface area contributed by atoms with E-state index in [9.17, 15) is 9.59 Å². The Morgan fingerprint density at radius 1 is 1.12 bits per heavy atom. The van der Waals surface area contributed by atoms with Crippen molar-refractivity contribution in [1.29, 1.82) is 0 Å². The van der Waals surface area contributed by atoms with Crippen molar-refractivity contribution in [3.8, 4) is 0 Å². The smallest absolute Gasteiger partial charge is 0.416 e. The van der Waals surface area contributed by atoms with Crippen LogP contribution in [-0.2, 0) is 9.47 Å². The second-order valence-corrected chi connectivity index (χ2v) is 5.68. The monoisotopic (exact) mass is 334 g/mol. The fourth-order valence-corrected chi connectivity index (χ4v) is 2.67. The normalized spacial score (nSPS) is 14.5. The van der Waals surface area contributed by atoms with Gasteiger partial charge in [0.2, 0.25) is 0 Å². The van der Waals surface area contributed by atoms with E-state index >= 15 is 0 Å². The maximum absolute atomic E-state index is 12.5. The molecule has 0 bridgehead atoms. The van der Waals surface area contributed by atoms with Crippen LogP contribution in [0.25, 0.3) is 0 Å². The maximum atomic E-state index is 12.5. The van der Waals surface area contributed by atoms with Gasteiger partial charge < -0.3 is 14.4 Å². The van der Waals surface area contributed by atoms with E-state index in [1.165, 1.54) is 12.8 Å². The number of benzene rings is 1. The molecule has 1 aromatic rings. The summed E-state index contributed by atoms with van der Waals surface area (Å²) in [6.07, 6.45) is 1.87. The predicted octanol–water partition coefficient (Wildman–Crippen LogP) is 2.40. The van der Waals surface area contributed by atoms with Gasteiger partial charge in [0, 0.05) is 12.1 Å². The number of ether oxygens (including phenoxy) is 2. The molecule has 0 atom stereocenters. The third kappa shape index (κ3) is 5.62. The lowest BCUT2D eigenvalue weighted by Crippen LogP contribution is -2.40. The van der Waals surface area contributed by atoms with Gasteiger partial charge in [0.05, 0.1) is 26.4 Å². The molecule has 0 radical (unpaired) electrons. The molecule has 132 valence electrons. The van der Waals surface area contributed by atoms with Crippen molar-refractivity contribution in [2.45, 2.75) is 19.8 Å². The first-order valence-electron chi connectivity index (χ1n) is 8.56. The summed E-state index contributed by atoms with van der Waals surface area (Å²) in [6, 6.07) is 8.73. The zero-order valence-electron chi connectivity index (χ0n) is 14.3. The van der Waals surface area contributed by atoms with Gasteiger partial charge in [-0.2, -0.15) is 0 Å². The molecule has 0 saturated carbocycles. The Morgan fingerprint density at radius 3 is 2.50 bits per heavy atom. The van der Waals surface area contributed by atoms with Crippen LogP contribution >= 0.6 is 0 Å². The van der Waals surface area contributed by atoms with Gasteiger partial charge in [-0.1, -0.05) is 18.2 Å². The van der Waals surface area contributed by atoms with Crippen LogP contribution in [0, 0.1) is 0 Å². The second kappa shape index (κ2) is 10.1. The largest absolute Gasteiger partial charge is 0.449 e. The van der Waals surface area contributed by atoms with Crippen LogP contribution in [-0.4, -0.2) is 67.8 Å². The van der Waals surface area contributed by atoms with Crippen molar-refractivity contribution in [3.63, 3.8) is 0 Å². The second-order valence-electron chi connectivity index (χ2n) is 5.68. The lowest BCUT2D eigenvalue weighted by molar-refractivity contribution is 0.0534. The Hall–Kier alpha value is -1.92. The van der Waals surface area contributed by atoms with Crippen molar-refractivity contribution in [3.05, 3.63) is 35.9 Å². The van der Waals surface area contributed by atoms with E-state index in [0.717, 1.165) is 24.5 Å². The van der Waals surface area contributed by atoms with Gasteiger partial charge in [0.25, 0.3) is 5.91 Å². The van der Waals surface area contributed by atoms with Crippen LogP contribution in [0.2, 0.25) is 0 Å². The number of carbonyl (C=O) groups is 2. The number of rotatable bonds is 8. The van der Waals surface area contributed by atoms with E-state index in [4.69, 9.17) is 9.47 Å². The highest BCUT2D eigenvalue weighted by atomic mass is 16.6. The minimum Gasteiger partial charge on any atom is -0.449 e. The maximum Gasteiger partial charge on any atom is 0.416 e. The number of hydrogen-bond acceptors (Lipinski definition) is 5. The molecular formula is C18H26N2O4.